The van der Waals surface area contributed by atoms with E-state index in [2.05, 4.69) is 0 Å². The van der Waals surface area contributed by atoms with Crippen LogP contribution < -0.4 is 0 Å². The molecule has 3 atom stereocenters. The van der Waals surface area contributed by atoms with E-state index in [4.69, 9.17) is 0 Å². The Bertz CT molecular complexity index is 165. The van der Waals surface area contributed by atoms with Crippen LogP contribution in [0.3, 0.4) is 0 Å². The third kappa shape index (κ3) is 1.86. The second-order valence-corrected chi connectivity index (χ2v) is 3.84. The molecule has 0 aliphatic heterocycles. The van der Waals surface area contributed by atoms with E-state index in [1.807, 2.05) is 13.8 Å². The minimum atomic E-state index is -0.398. The van der Waals surface area contributed by atoms with Gasteiger partial charge in [0.25, 0.3) is 0 Å². The third-order valence-electron chi connectivity index (χ3n) is 2.99. The number of aliphatic hydroxyl groups excluding tert-OH is 1. The molecule has 1 fully saturated rings. The summed E-state index contributed by atoms with van der Waals surface area (Å²) in [5.74, 6) is 0.472. The molecule has 0 spiro atoms. The quantitative estimate of drug-likeness (QED) is 0.700. The maximum Gasteiger partial charge on any atom is 0.138 e. The van der Waals surface area contributed by atoms with Crippen LogP contribution in [-0.4, -0.2) is 17.0 Å². The lowest BCUT2D eigenvalue weighted by molar-refractivity contribution is -0.124. The Balaban J connectivity index is 2.51. The van der Waals surface area contributed by atoms with Crippen molar-refractivity contribution in [1.82, 2.24) is 0 Å². The molecule has 1 aliphatic carbocycles. The number of carbonyl (C=O) groups is 1. The monoisotopic (exact) mass is 170 g/mol. The normalized spacial score (nSPS) is 28.9. The van der Waals surface area contributed by atoms with Gasteiger partial charge < -0.3 is 5.11 Å². The highest BCUT2D eigenvalue weighted by Crippen LogP contribution is 2.28. The van der Waals surface area contributed by atoms with Crippen LogP contribution in [0.1, 0.15) is 39.5 Å². The summed E-state index contributed by atoms with van der Waals surface area (Å²) in [6.45, 7) is 4.06. The fourth-order valence-corrected chi connectivity index (χ4v) is 1.84. The number of rotatable bonds is 3. The van der Waals surface area contributed by atoms with Crippen LogP contribution in [0.25, 0.3) is 0 Å². The first-order chi connectivity index (χ1) is 5.66. The Labute approximate surface area is 74.0 Å². The highest BCUT2D eigenvalue weighted by molar-refractivity contribution is 5.83. The van der Waals surface area contributed by atoms with Crippen molar-refractivity contribution in [2.45, 2.75) is 45.6 Å². The summed E-state index contributed by atoms with van der Waals surface area (Å²) in [7, 11) is 0. The molecular weight excluding hydrogens is 152 g/mol. The smallest absolute Gasteiger partial charge is 0.138 e. The van der Waals surface area contributed by atoms with E-state index in [1.54, 1.807) is 0 Å². The lowest BCUT2D eigenvalue weighted by atomic mass is 9.89. The Morgan fingerprint density at radius 3 is 2.75 bits per heavy atom. The van der Waals surface area contributed by atoms with Crippen LogP contribution >= 0.6 is 0 Å². The number of Topliss-reactive ketones (excluding diaryl/α,β-unsaturated/α-hetero) is 1. The van der Waals surface area contributed by atoms with Gasteiger partial charge in [0.15, 0.2) is 0 Å². The van der Waals surface area contributed by atoms with Crippen LogP contribution in [0.5, 0.6) is 0 Å². The molecular formula is C10H18O2. The zero-order chi connectivity index (χ0) is 9.14. The van der Waals surface area contributed by atoms with Gasteiger partial charge in [-0.2, -0.15) is 0 Å². The van der Waals surface area contributed by atoms with Gasteiger partial charge >= 0.3 is 0 Å². The summed E-state index contributed by atoms with van der Waals surface area (Å²) in [6, 6.07) is 0. The summed E-state index contributed by atoms with van der Waals surface area (Å²) in [5, 5.41) is 9.77. The molecule has 0 heterocycles. The molecule has 0 bridgehead atoms. The van der Waals surface area contributed by atoms with Crippen LogP contribution in [-0.2, 0) is 4.79 Å². The molecule has 1 N–H and O–H groups in total. The van der Waals surface area contributed by atoms with Crippen molar-refractivity contribution in [3.05, 3.63) is 0 Å². The minimum Gasteiger partial charge on any atom is -0.392 e. The summed E-state index contributed by atoms with van der Waals surface area (Å²) in [5.41, 5.74) is 0. The van der Waals surface area contributed by atoms with E-state index in [9.17, 15) is 9.90 Å². The van der Waals surface area contributed by atoms with Gasteiger partial charge in [-0.05, 0) is 18.8 Å². The van der Waals surface area contributed by atoms with Crippen molar-refractivity contribution in [3.8, 4) is 0 Å². The van der Waals surface area contributed by atoms with Gasteiger partial charge in [-0.15, -0.1) is 0 Å². The molecule has 0 aromatic rings. The molecule has 1 saturated carbocycles. The Morgan fingerprint density at radius 2 is 2.33 bits per heavy atom. The second kappa shape index (κ2) is 4.04. The van der Waals surface area contributed by atoms with E-state index < -0.39 is 6.10 Å². The number of ketones is 1. The van der Waals surface area contributed by atoms with E-state index in [0.717, 1.165) is 19.3 Å². The van der Waals surface area contributed by atoms with Gasteiger partial charge in [0.2, 0.25) is 0 Å². The van der Waals surface area contributed by atoms with E-state index >= 15 is 0 Å². The van der Waals surface area contributed by atoms with Crippen LogP contribution in [0.2, 0.25) is 0 Å². The largest absolute Gasteiger partial charge is 0.392 e. The van der Waals surface area contributed by atoms with E-state index in [-0.39, 0.29) is 17.6 Å². The first-order valence-electron chi connectivity index (χ1n) is 4.87. The summed E-state index contributed by atoms with van der Waals surface area (Å²) in [6.07, 6.45) is 3.09. The van der Waals surface area contributed by atoms with Crippen LogP contribution in [0.15, 0.2) is 0 Å². The van der Waals surface area contributed by atoms with Crippen molar-refractivity contribution in [2.24, 2.45) is 11.8 Å². The average Bonchev–Trinajstić information content (AvgIpc) is 2.48. The molecule has 1 aliphatic rings. The lowest BCUT2D eigenvalue weighted by Gasteiger charge is -2.21. The maximum absolute atomic E-state index is 11.3. The number of hydrogen-bond donors (Lipinski definition) is 1. The molecule has 0 saturated heterocycles. The van der Waals surface area contributed by atoms with Crippen molar-refractivity contribution in [2.75, 3.05) is 0 Å². The molecule has 2 heteroatoms. The third-order valence-corrected chi connectivity index (χ3v) is 2.99. The lowest BCUT2D eigenvalue weighted by Crippen LogP contribution is -2.29. The van der Waals surface area contributed by atoms with Crippen molar-refractivity contribution < 1.29 is 9.90 Å². The van der Waals surface area contributed by atoms with Crippen LogP contribution in [0, 0.1) is 11.8 Å². The summed E-state index contributed by atoms with van der Waals surface area (Å²) < 4.78 is 0. The predicted octanol–water partition coefficient (Wildman–Crippen LogP) is 1.76. The Kier molecular flexibility index (Phi) is 3.27. The van der Waals surface area contributed by atoms with E-state index in [0.29, 0.717) is 6.42 Å². The fourth-order valence-electron chi connectivity index (χ4n) is 1.84. The first kappa shape index (κ1) is 9.72. The van der Waals surface area contributed by atoms with Crippen molar-refractivity contribution >= 4 is 5.78 Å². The van der Waals surface area contributed by atoms with Crippen molar-refractivity contribution in [1.29, 1.82) is 0 Å². The summed E-state index contributed by atoms with van der Waals surface area (Å²) >= 11 is 0. The Hall–Kier alpha value is -0.370. The van der Waals surface area contributed by atoms with Crippen molar-refractivity contribution in [3.63, 3.8) is 0 Å². The topological polar surface area (TPSA) is 37.3 Å². The van der Waals surface area contributed by atoms with Gasteiger partial charge in [0.1, 0.15) is 5.78 Å². The van der Waals surface area contributed by atoms with Crippen LogP contribution in [0.4, 0.5) is 0 Å². The molecule has 3 unspecified atom stereocenters. The molecule has 0 amide bonds. The predicted molar refractivity (Wildman–Crippen MR) is 47.8 cm³/mol. The molecule has 2 nitrogen and oxygen atoms in total. The zero-order valence-electron chi connectivity index (χ0n) is 7.92. The fraction of sp³-hybridized carbons (Fsp3) is 0.900. The SMILES string of the molecule is CCC(C)C(O)C1CCCC1=O. The molecule has 0 radical (unpaired) electrons. The molecule has 70 valence electrons. The van der Waals surface area contributed by atoms with Gasteiger partial charge in [0, 0.05) is 12.3 Å². The average molecular weight is 170 g/mol. The summed E-state index contributed by atoms with van der Waals surface area (Å²) in [4.78, 5) is 11.3. The molecule has 0 aromatic carbocycles. The van der Waals surface area contributed by atoms with Gasteiger partial charge in [-0.1, -0.05) is 20.3 Å². The first-order valence-corrected chi connectivity index (χ1v) is 4.87. The van der Waals surface area contributed by atoms with Gasteiger partial charge in [0.05, 0.1) is 6.10 Å². The minimum absolute atomic E-state index is 0.0556. The van der Waals surface area contributed by atoms with Gasteiger partial charge in [-0.25, -0.2) is 0 Å². The maximum atomic E-state index is 11.3. The highest BCUT2D eigenvalue weighted by Gasteiger charge is 2.32. The Morgan fingerprint density at radius 1 is 1.67 bits per heavy atom. The van der Waals surface area contributed by atoms with E-state index in [1.165, 1.54) is 0 Å². The zero-order valence-corrected chi connectivity index (χ0v) is 7.92. The molecule has 12 heavy (non-hydrogen) atoms. The number of aliphatic hydroxyl groups is 1. The molecule has 0 aromatic heterocycles. The number of carbonyl (C=O) groups excluding carboxylic acids is 1. The molecule has 1 rings (SSSR count). The standard InChI is InChI=1S/C10H18O2/c1-3-7(2)10(12)8-5-4-6-9(8)11/h7-8,10,12H,3-6H2,1-2H3. The van der Waals surface area contributed by atoms with Gasteiger partial charge in [-0.3, -0.25) is 4.79 Å². The highest BCUT2D eigenvalue weighted by atomic mass is 16.3. The second-order valence-electron chi connectivity index (χ2n) is 3.84. The number of hydrogen-bond acceptors (Lipinski definition) is 2.